The predicted octanol–water partition coefficient (Wildman–Crippen LogP) is 4.16. The van der Waals surface area contributed by atoms with E-state index in [1.54, 1.807) is 0 Å². The Bertz CT molecular complexity index is 645. The van der Waals surface area contributed by atoms with E-state index in [1.165, 1.54) is 43.4 Å². The Morgan fingerprint density at radius 2 is 2.14 bits per heavy atom. The van der Waals surface area contributed by atoms with Gasteiger partial charge in [0, 0.05) is 21.6 Å². The van der Waals surface area contributed by atoms with Crippen LogP contribution >= 0.6 is 15.9 Å². The summed E-state index contributed by atoms with van der Waals surface area (Å²) in [5.74, 6) is 0. The van der Waals surface area contributed by atoms with E-state index < -0.39 is 0 Å². The number of benzene rings is 1. The molecule has 2 fully saturated rings. The summed E-state index contributed by atoms with van der Waals surface area (Å²) < 4.78 is 3.53. The van der Waals surface area contributed by atoms with Gasteiger partial charge in [-0.3, -0.25) is 0 Å². The molecule has 4 heteroatoms. The molecule has 21 heavy (non-hydrogen) atoms. The molecule has 1 aromatic heterocycles. The van der Waals surface area contributed by atoms with Crippen molar-refractivity contribution in [3.63, 3.8) is 0 Å². The SMILES string of the molecule is Brc1ccccc1-c1cncn1C1CCNC2(CCC2)C1. The molecule has 1 unspecified atom stereocenters. The molecule has 1 saturated heterocycles. The lowest BCUT2D eigenvalue weighted by atomic mass is 9.70. The van der Waals surface area contributed by atoms with Crippen LogP contribution in [0, 0.1) is 0 Å². The minimum atomic E-state index is 0.415. The van der Waals surface area contributed by atoms with Gasteiger partial charge in [-0.2, -0.15) is 0 Å². The molecular weight excluding hydrogens is 326 g/mol. The Morgan fingerprint density at radius 3 is 2.90 bits per heavy atom. The predicted molar refractivity (Wildman–Crippen MR) is 88.2 cm³/mol. The lowest BCUT2D eigenvalue weighted by molar-refractivity contribution is 0.110. The molecule has 1 N–H and O–H groups in total. The van der Waals surface area contributed by atoms with Crippen LogP contribution in [-0.2, 0) is 0 Å². The first-order valence-electron chi connectivity index (χ1n) is 7.79. The summed E-state index contributed by atoms with van der Waals surface area (Å²) in [6.45, 7) is 1.12. The first kappa shape index (κ1) is 13.5. The van der Waals surface area contributed by atoms with Crippen molar-refractivity contribution in [2.75, 3.05) is 6.54 Å². The maximum atomic E-state index is 4.43. The number of nitrogens with zero attached hydrogens (tertiary/aromatic N) is 2. The van der Waals surface area contributed by atoms with E-state index in [9.17, 15) is 0 Å². The van der Waals surface area contributed by atoms with E-state index in [-0.39, 0.29) is 0 Å². The summed E-state index contributed by atoms with van der Waals surface area (Å²) in [4.78, 5) is 4.43. The molecular formula is C17H20BrN3. The highest BCUT2D eigenvalue weighted by molar-refractivity contribution is 9.10. The van der Waals surface area contributed by atoms with Gasteiger partial charge in [0.25, 0.3) is 0 Å². The highest BCUT2D eigenvalue weighted by atomic mass is 79.9. The molecule has 0 radical (unpaired) electrons. The van der Waals surface area contributed by atoms with Gasteiger partial charge in [-0.15, -0.1) is 0 Å². The molecule has 2 aliphatic rings. The number of rotatable bonds is 2. The fraction of sp³-hybridized carbons (Fsp3) is 0.471. The summed E-state index contributed by atoms with van der Waals surface area (Å²) >= 11 is 3.67. The molecule has 4 rings (SSSR count). The lowest BCUT2D eigenvalue weighted by Gasteiger charge is -2.48. The molecule has 1 aromatic carbocycles. The largest absolute Gasteiger partial charge is 0.327 e. The fourth-order valence-electron chi connectivity index (χ4n) is 3.82. The number of imidazole rings is 1. The van der Waals surface area contributed by atoms with Gasteiger partial charge in [-0.05, 0) is 44.7 Å². The van der Waals surface area contributed by atoms with Crippen molar-refractivity contribution in [1.82, 2.24) is 14.9 Å². The maximum absolute atomic E-state index is 4.43. The van der Waals surface area contributed by atoms with Crippen molar-refractivity contribution in [1.29, 1.82) is 0 Å². The molecule has 2 heterocycles. The van der Waals surface area contributed by atoms with Gasteiger partial charge in [-0.25, -0.2) is 4.98 Å². The van der Waals surface area contributed by atoms with Crippen LogP contribution in [0.3, 0.4) is 0 Å². The standard InChI is InChI=1S/C17H20BrN3/c18-15-5-2-1-4-14(15)16-11-19-12-21(16)13-6-9-20-17(10-13)7-3-8-17/h1-2,4-5,11-13,20H,3,6-10H2. The van der Waals surface area contributed by atoms with Gasteiger partial charge in [0.05, 0.1) is 18.2 Å². The van der Waals surface area contributed by atoms with E-state index in [0.29, 0.717) is 11.6 Å². The summed E-state index contributed by atoms with van der Waals surface area (Å²) in [5.41, 5.74) is 2.87. The summed E-state index contributed by atoms with van der Waals surface area (Å²) in [6, 6.07) is 8.98. The zero-order chi connectivity index (χ0) is 14.3. The van der Waals surface area contributed by atoms with Crippen molar-refractivity contribution in [2.24, 2.45) is 0 Å². The third-order valence-electron chi connectivity index (χ3n) is 5.12. The highest BCUT2D eigenvalue weighted by Crippen LogP contribution is 2.43. The van der Waals surface area contributed by atoms with Gasteiger partial charge >= 0.3 is 0 Å². The number of hydrogen-bond donors (Lipinski definition) is 1. The number of nitrogens with one attached hydrogen (secondary N) is 1. The molecule has 0 bridgehead atoms. The van der Waals surface area contributed by atoms with Crippen molar-refractivity contribution in [3.8, 4) is 11.3 Å². The second-order valence-corrected chi connectivity index (χ2v) is 7.23. The van der Waals surface area contributed by atoms with E-state index in [2.05, 4.69) is 55.1 Å². The molecule has 1 spiro atoms. The lowest BCUT2D eigenvalue weighted by Crippen LogP contribution is -2.55. The Labute approximate surface area is 133 Å². The smallest absolute Gasteiger partial charge is 0.0953 e. The third-order valence-corrected chi connectivity index (χ3v) is 5.82. The number of hydrogen-bond acceptors (Lipinski definition) is 2. The van der Waals surface area contributed by atoms with Gasteiger partial charge < -0.3 is 9.88 Å². The van der Waals surface area contributed by atoms with Crippen LogP contribution in [0.1, 0.15) is 38.1 Å². The molecule has 1 atom stereocenters. The van der Waals surface area contributed by atoms with Crippen LogP contribution in [-0.4, -0.2) is 21.6 Å². The highest BCUT2D eigenvalue weighted by Gasteiger charge is 2.41. The van der Waals surface area contributed by atoms with Gasteiger partial charge in [0.1, 0.15) is 0 Å². The summed E-state index contributed by atoms with van der Waals surface area (Å²) in [6.07, 6.45) is 10.5. The van der Waals surface area contributed by atoms with Crippen LogP contribution in [0.5, 0.6) is 0 Å². The Hall–Kier alpha value is -1.13. The minimum absolute atomic E-state index is 0.415. The molecule has 3 nitrogen and oxygen atoms in total. The van der Waals surface area contributed by atoms with Crippen LogP contribution < -0.4 is 5.32 Å². The van der Waals surface area contributed by atoms with Crippen LogP contribution in [0.15, 0.2) is 41.3 Å². The zero-order valence-corrected chi connectivity index (χ0v) is 13.6. The fourth-order valence-corrected chi connectivity index (χ4v) is 4.31. The normalized spacial score (nSPS) is 24.0. The second kappa shape index (κ2) is 5.25. The summed E-state index contributed by atoms with van der Waals surface area (Å²) in [5, 5.41) is 3.75. The Kier molecular flexibility index (Phi) is 3.38. The minimum Gasteiger partial charge on any atom is -0.327 e. The molecule has 1 saturated carbocycles. The molecule has 110 valence electrons. The molecule has 1 aliphatic heterocycles. The number of halogens is 1. The van der Waals surface area contributed by atoms with Crippen molar-refractivity contribution >= 4 is 15.9 Å². The second-order valence-electron chi connectivity index (χ2n) is 6.37. The van der Waals surface area contributed by atoms with E-state index >= 15 is 0 Å². The zero-order valence-electron chi connectivity index (χ0n) is 12.1. The topological polar surface area (TPSA) is 29.9 Å². The Morgan fingerprint density at radius 1 is 1.29 bits per heavy atom. The first-order valence-corrected chi connectivity index (χ1v) is 8.59. The van der Waals surface area contributed by atoms with Crippen LogP contribution in [0.4, 0.5) is 0 Å². The van der Waals surface area contributed by atoms with Gasteiger partial charge in [0.2, 0.25) is 0 Å². The average Bonchev–Trinajstić information content (AvgIpc) is 2.95. The molecule has 2 aromatic rings. The number of piperidine rings is 1. The Balaban J connectivity index is 1.67. The van der Waals surface area contributed by atoms with E-state index in [0.717, 1.165) is 11.0 Å². The maximum Gasteiger partial charge on any atom is 0.0953 e. The third kappa shape index (κ3) is 2.34. The molecule has 0 amide bonds. The average molecular weight is 346 g/mol. The quantitative estimate of drug-likeness (QED) is 0.885. The monoisotopic (exact) mass is 345 g/mol. The first-order chi connectivity index (χ1) is 10.3. The van der Waals surface area contributed by atoms with Gasteiger partial charge in [0.15, 0.2) is 0 Å². The van der Waals surface area contributed by atoms with E-state index in [1.807, 2.05) is 12.5 Å². The van der Waals surface area contributed by atoms with Gasteiger partial charge in [-0.1, -0.05) is 34.1 Å². The van der Waals surface area contributed by atoms with Crippen molar-refractivity contribution in [2.45, 2.75) is 43.7 Å². The van der Waals surface area contributed by atoms with Crippen LogP contribution in [0.25, 0.3) is 11.3 Å². The van der Waals surface area contributed by atoms with Crippen LogP contribution in [0.2, 0.25) is 0 Å². The van der Waals surface area contributed by atoms with E-state index in [4.69, 9.17) is 0 Å². The van der Waals surface area contributed by atoms with Crippen molar-refractivity contribution in [3.05, 3.63) is 41.3 Å². The summed E-state index contributed by atoms with van der Waals surface area (Å²) in [7, 11) is 0. The van der Waals surface area contributed by atoms with Crippen molar-refractivity contribution < 1.29 is 0 Å². The number of aromatic nitrogens is 2. The molecule has 1 aliphatic carbocycles.